The molecular formula is C15H11BrN2O2S. The highest BCUT2D eigenvalue weighted by atomic mass is 79.9. The molecule has 0 saturated carbocycles. The summed E-state index contributed by atoms with van der Waals surface area (Å²) in [6, 6.07) is 11.9. The third kappa shape index (κ3) is 2.56. The van der Waals surface area contributed by atoms with E-state index in [0.29, 0.717) is 13.2 Å². The van der Waals surface area contributed by atoms with Crippen molar-refractivity contribution in [1.29, 1.82) is 0 Å². The van der Waals surface area contributed by atoms with E-state index in [2.05, 4.69) is 32.3 Å². The van der Waals surface area contributed by atoms with Crippen LogP contribution in [0.15, 0.2) is 40.9 Å². The second kappa shape index (κ2) is 5.20. The molecule has 0 fully saturated rings. The number of halogens is 1. The summed E-state index contributed by atoms with van der Waals surface area (Å²) in [6.45, 7) is 1.19. The van der Waals surface area contributed by atoms with E-state index in [4.69, 9.17) is 9.47 Å². The van der Waals surface area contributed by atoms with E-state index in [1.54, 1.807) is 11.3 Å². The molecule has 0 radical (unpaired) electrons. The summed E-state index contributed by atoms with van der Waals surface area (Å²) in [7, 11) is 0. The number of nitrogens with zero attached hydrogens (tertiary/aromatic N) is 1. The smallest absolute Gasteiger partial charge is 0.188 e. The number of thiazole rings is 1. The molecule has 3 aromatic rings. The zero-order chi connectivity index (χ0) is 14.2. The van der Waals surface area contributed by atoms with Crippen LogP contribution in [-0.2, 0) is 0 Å². The van der Waals surface area contributed by atoms with Gasteiger partial charge in [-0.15, -0.1) is 0 Å². The number of aromatic nitrogens is 1. The normalized spacial score (nSPS) is 13.4. The zero-order valence-corrected chi connectivity index (χ0v) is 13.3. The van der Waals surface area contributed by atoms with Gasteiger partial charge in [-0.2, -0.15) is 0 Å². The van der Waals surface area contributed by atoms with E-state index in [0.717, 1.165) is 37.0 Å². The van der Waals surface area contributed by atoms with Gasteiger partial charge in [-0.3, -0.25) is 0 Å². The Labute approximate surface area is 133 Å². The van der Waals surface area contributed by atoms with Gasteiger partial charge < -0.3 is 14.8 Å². The summed E-state index contributed by atoms with van der Waals surface area (Å²) in [5, 5.41) is 4.18. The molecule has 4 nitrogen and oxygen atoms in total. The predicted molar refractivity (Wildman–Crippen MR) is 88.0 cm³/mol. The molecule has 2 aromatic carbocycles. The third-order valence-corrected chi connectivity index (χ3v) is 4.59. The second-order valence-electron chi connectivity index (χ2n) is 4.61. The van der Waals surface area contributed by atoms with Gasteiger partial charge in [0.05, 0.1) is 10.2 Å². The fourth-order valence-electron chi connectivity index (χ4n) is 2.20. The molecule has 2 heterocycles. The molecule has 4 rings (SSSR count). The van der Waals surface area contributed by atoms with Crippen molar-refractivity contribution < 1.29 is 9.47 Å². The second-order valence-corrected chi connectivity index (χ2v) is 6.56. The molecule has 0 spiro atoms. The highest BCUT2D eigenvalue weighted by Gasteiger charge is 2.12. The molecule has 0 unspecified atom stereocenters. The van der Waals surface area contributed by atoms with E-state index in [1.807, 2.05) is 30.3 Å². The van der Waals surface area contributed by atoms with Crippen LogP contribution in [0.4, 0.5) is 10.8 Å². The maximum atomic E-state index is 5.59. The Morgan fingerprint density at radius 2 is 1.90 bits per heavy atom. The summed E-state index contributed by atoms with van der Waals surface area (Å²) < 4.78 is 13.3. The lowest BCUT2D eigenvalue weighted by Gasteiger charge is -2.18. The minimum atomic E-state index is 0.589. The Morgan fingerprint density at radius 1 is 1.05 bits per heavy atom. The number of hydrogen-bond acceptors (Lipinski definition) is 5. The molecule has 0 bridgehead atoms. The van der Waals surface area contributed by atoms with Crippen molar-refractivity contribution in [1.82, 2.24) is 4.98 Å². The van der Waals surface area contributed by atoms with Gasteiger partial charge in [0.15, 0.2) is 16.6 Å². The van der Waals surface area contributed by atoms with E-state index < -0.39 is 0 Å². The van der Waals surface area contributed by atoms with E-state index >= 15 is 0 Å². The van der Waals surface area contributed by atoms with Gasteiger partial charge >= 0.3 is 0 Å². The maximum absolute atomic E-state index is 5.59. The van der Waals surface area contributed by atoms with Gasteiger partial charge in [0.25, 0.3) is 0 Å². The van der Waals surface area contributed by atoms with Gasteiger partial charge in [-0.1, -0.05) is 27.3 Å². The Balaban J connectivity index is 1.64. The van der Waals surface area contributed by atoms with Crippen molar-refractivity contribution in [2.75, 3.05) is 18.5 Å². The Bertz CT molecular complexity index is 819. The molecule has 1 aromatic heterocycles. The van der Waals surface area contributed by atoms with Crippen LogP contribution in [0.2, 0.25) is 0 Å². The number of fused-ring (bicyclic) bond motifs is 2. The Hall–Kier alpha value is -1.79. The summed E-state index contributed by atoms with van der Waals surface area (Å²) in [4.78, 5) is 4.59. The number of anilines is 2. The SMILES string of the molecule is Brc1ccc2sc(Nc3ccc4c(c3)OCCO4)nc2c1. The van der Waals surface area contributed by atoms with Crippen molar-refractivity contribution in [3.05, 3.63) is 40.9 Å². The van der Waals surface area contributed by atoms with Crippen molar-refractivity contribution in [3.8, 4) is 11.5 Å². The average molecular weight is 363 g/mol. The van der Waals surface area contributed by atoms with E-state index in [9.17, 15) is 0 Å². The van der Waals surface area contributed by atoms with Crippen LogP contribution in [-0.4, -0.2) is 18.2 Å². The monoisotopic (exact) mass is 362 g/mol. The fourth-order valence-corrected chi connectivity index (χ4v) is 3.41. The summed E-state index contributed by atoms with van der Waals surface area (Å²) in [5.74, 6) is 1.56. The summed E-state index contributed by atoms with van der Waals surface area (Å²) >= 11 is 5.09. The number of hydrogen-bond donors (Lipinski definition) is 1. The lowest BCUT2D eigenvalue weighted by molar-refractivity contribution is 0.171. The standard InChI is InChI=1S/C15H11BrN2O2S/c16-9-1-4-14-11(7-9)18-15(21-14)17-10-2-3-12-13(8-10)20-6-5-19-12/h1-4,7-8H,5-6H2,(H,17,18). The minimum absolute atomic E-state index is 0.589. The highest BCUT2D eigenvalue weighted by Crippen LogP contribution is 2.35. The Kier molecular flexibility index (Phi) is 3.20. The maximum Gasteiger partial charge on any atom is 0.188 e. The Morgan fingerprint density at radius 3 is 2.81 bits per heavy atom. The van der Waals surface area contributed by atoms with Crippen molar-refractivity contribution in [2.24, 2.45) is 0 Å². The van der Waals surface area contributed by atoms with Crippen LogP contribution in [0.1, 0.15) is 0 Å². The van der Waals surface area contributed by atoms with Crippen molar-refractivity contribution in [2.45, 2.75) is 0 Å². The van der Waals surface area contributed by atoms with Crippen LogP contribution in [0.3, 0.4) is 0 Å². The first kappa shape index (κ1) is 12.9. The van der Waals surface area contributed by atoms with Crippen LogP contribution < -0.4 is 14.8 Å². The van der Waals surface area contributed by atoms with Crippen molar-refractivity contribution in [3.63, 3.8) is 0 Å². The lowest BCUT2D eigenvalue weighted by atomic mass is 10.2. The third-order valence-electron chi connectivity index (χ3n) is 3.14. The van der Waals surface area contributed by atoms with Gasteiger partial charge in [-0.05, 0) is 30.3 Å². The molecule has 0 atom stereocenters. The molecule has 1 aliphatic heterocycles. The number of ether oxygens (including phenoxy) is 2. The van der Waals surface area contributed by atoms with Crippen LogP contribution >= 0.6 is 27.3 Å². The number of benzene rings is 2. The average Bonchev–Trinajstić information content (AvgIpc) is 2.88. The lowest BCUT2D eigenvalue weighted by Crippen LogP contribution is -2.15. The fraction of sp³-hybridized carbons (Fsp3) is 0.133. The van der Waals surface area contributed by atoms with E-state index in [-0.39, 0.29) is 0 Å². The highest BCUT2D eigenvalue weighted by molar-refractivity contribution is 9.10. The van der Waals surface area contributed by atoms with Gasteiger partial charge in [-0.25, -0.2) is 4.98 Å². The van der Waals surface area contributed by atoms with Gasteiger partial charge in [0.1, 0.15) is 13.2 Å². The minimum Gasteiger partial charge on any atom is -0.486 e. The first-order valence-corrected chi connectivity index (χ1v) is 8.12. The van der Waals surface area contributed by atoms with E-state index in [1.165, 1.54) is 0 Å². The first-order chi connectivity index (χ1) is 10.3. The van der Waals surface area contributed by atoms with Gasteiger partial charge in [0.2, 0.25) is 0 Å². The number of rotatable bonds is 2. The van der Waals surface area contributed by atoms with Crippen molar-refractivity contribution >= 4 is 48.3 Å². The molecule has 0 saturated heterocycles. The number of nitrogens with one attached hydrogen (secondary N) is 1. The topological polar surface area (TPSA) is 43.4 Å². The zero-order valence-electron chi connectivity index (χ0n) is 10.9. The molecular weight excluding hydrogens is 352 g/mol. The molecule has 1 N–H and O–H groups in total. The quantitative estimate of drug-likeness (QED) is 0.724. The van der Waals surface area contributed by atoms with Crippen LogP contribution in [0, 0.1) is 0 Å². The largest absolute Gasteiger partial charge is 0.486 e. The molecule has 106 valence electrons. The molecule has 0 amide bonds. The molecule has 6 heteroatoms. The first-order valence-electron chi connectivity index (χ1n) is 6.51. The summed E-state index contributed by atoms with van der Waals surface area (Å²) in [5.41, 5.74) is 1.92. The molecule has 21 heavy (non-hydrogen) atoms. The van der Waals surface area contributed by atoms with Gasteiger partial charge in [0, 0.05) is 16.2 Å². The predicted octanol–water partition coefficient (Wildman–Crippen LogP) is 4.57. The van der Waals surface area contributed by atoms with Crippen LogP contribution in [0.25, 0.3) is 10.2 Å². The molecule has 0 aliphatic carbocycles. The van der Waals surface area contributed by atoms with Crippen LogP contribution in [0.5, 0.6) is 11.5 Å². The summed E-state index contributed by atoms with van der Waals surface area (Å²) in [6.07, 6.45) is 0. The molecule has 1 aliphatic rings.